The largest absolute Gasteiger partial charge is 0.508 e. The number of hydrogen-bond donors (Lipinski definition) is 3. The minimum Gasteiger partial charge on any atom is -0.508 e. The van der Waals surface area contributed by atoms with Gasteiger partial charge < -0.3 is 15.6 Å². The number of methoxy groups -OCH3 is 1. The van der Waals surface area contributed by atoms with Gasteiger partial charge in [-0.15, -0.1) is 0 Å². The number of nitrogens with two attached hydrogens (primary N) is 1. The third-order valence-electron chi connectivity index (χ3n) is 1.65. The standard InChI is InChI=1S/C9H12N2O2/c1-13-8-5-7(12)3-2-6(8)4-9(10)11/h2-3,5,12H,4H2,1H3,(H3,10,11). The molecule has 0 aliphatic heterocycles. The van der Waals surface area contributed by atoms with Crippen LogP contribution < -0.4 is 10.5 Å². The first-order valence-electron chi connectivity index (χ1n) is 3.82. The maximum Gasteiger partial charge on any atom is 0.126 e. The molecule has 13 heavy (non-hydrogen) atoms. The highest BCUT2D eigenvalue weighted by Crippen LogP contribution is 2.23. The van der Waals surface area contributed by atoms with Crippen molar-refractivity contribution in [2.75, 3.05) is 7.11 Å². The van der Waals surface area contributed by atoms with Crippen molar-refractivity contribution in [2.24, 2.45) is 5.73 Å². The third kappa shape index (κ3) is 2.37. The highest BCUT2D eigenvalue weighted by atomic mass is 16.5. The first-order chi connectivity index (χ1) is 6.13. The van der Waals surface area contributed by atoms with Gasteiger partial charge in [0.05, 0.1) is 12.9 Å². The van der Waals surface area contributed by atoms with Gasteiger partial charge in [0, 0.05) is 18.1 Å². The predicted octanol–water partition coefficient (Wildman–Crippen LogP) is 0.879. The van der Waals surface area contributed by atoms with E-state index >= 15 is 0 Å². The molecule has 1 rings (SSSR count). The molecule has 0 amide bonds. The van der Waals surface area contributed by atoms with Gasteiger partial charge in [0.1, 0.15) is 11.5 Å². The van der Waals surface area contributed by atoms with E-state index in [-0.39, 0.29) is 11.6 Å². The van der Waals surface area contributed by atoms with E-state index < -0.39 is 0 Å². The van der Waals surface area contributed by atoms with Crippen LogP contribution in [0.25, 0.3) is 0 Å². The van der Waals surface area contributed by atoms with Crippen LogP contribution in [-0.2, 0) is 6.42 Å². The van der Waals surface area contributed by atoms with Gasteiger partial charge in [-0.25, -0.2) is 0 Å². The summed E-state index contributed by atoms with van der Waals surface area (Å²) in [6, 6.07) is 4.73. The van der Waals surface area contributed by atoms with Crippen LogP contribution in [0.3, 0.4) is 0 Å². The summed E-state index contributed by atoms with van der Waals surface area (Å²) in [6.45, 7) is 0. The Morgan fingerprint density at radius 2 is 2.31 bits per heavy atom. The van der Waals surface area contributed by atoms with Gasteiger partial charge in [0.15, 0.2) is 0 Å². The van der Waals surface area contributed by atoms with Crippen molar-refractivity contribution >= 4 is 5.84 Å². The molecule has 70 valence electrons. The molecule has 0 aromatic heterocycles. The van der Waals surface area contributed by atoms with Gasteiger partial charge >= 0.3 is 0 Å². The molecule has 1 aromatic carbocycles. The van der Waals surface area contributed by atoms with Crippen LogP contribution in [0.1, 0.15) is 5.56 Å². The number of hydrogen-bond acceptors (Lipinski definition) is 3. The fourth-order valence-electron chi connectivity index (χ4n) is 1.08. The Labute approximate surface area is 76.5 Å². The quantitative estimate of drug-likeness (QED) is 0.477. The Hall–Kier alpha value is -1.71. The molecule has 0 spiro atoms. The SMILES string of the molecule is COc1cc(O)ccc1CC(=N)N. The lowest BCUT2D eigenvalue weighted by Gasteiger charge is -2.07. The number of rotatable bonds is 3. The second kappa shape index (κ2) is 3.80. The lowest BCUT2D eigenvalue weighted by atomic mass is 10.1. The van der Waals surface area contributed by atoms with E-state index in [1.54, 1.807) is 12.1 Å². The summed E-state index contributed by atoms with van der Waals surface area (Å²) in [5.74, 6) is 0.767. The van der Waals surface area contributed by atoms with E-state index in [4.69, 9.17) is 21.0 Å². The second-order valence-corrected chi connectivity index (χ2v) is 2.70. The lowest BCUT2D eigenvalue weighted by molar-refractivity contribution is 0.404. The molecule has 0 saturated heterocycles. The van der Waals surface area contributed by atoms with Crippen molar-refractivity contribution in [3.8, 4) is 11.5 Å². The van der Waals surface area contributed by atoms with E-state index in [0.717, 1.165) is 5.56 Å². The zero-order valence-corrected chi connectivity index (χ0v) is 7.37. The van der Waals surface area contributed by atoms with E-state index in [0.29, 0.717) is 12.2 Å². The Kier molecular flexibility index (Phi) is 2.74. The average Bonchev–Trinajstić information content (AvgIpc) is 2.07. The van der Waals surface area contributed by atoms with Gasteiger partial charge in [-0.1, -0.05) is 6.07 Å². The Morgan fingerprint density at radius 1 is 1.62 bits per heavy atom. The summed E-state index contributed by atoms with van der Waals surface area (Å²) in [5.41, 5.74) is 6.05. The summed E-state index contributed by atoms with van der Waals surface area (Å²) in [7, 11) is 1.51. The maximum absolute atomic E-state index is 9.14. The minimum absolute atomic E-state index is 0.0731. The Bertz CT molecular complexity index is 323. The monoisotopic (exact) mass is 180 g/mol. The zero-order valence-electron chi connectivity index (χ0n) is 7.37. The average molecular weight is 180 g/mol. The van der Waals surface area contributed by atoms with Crippen LogP contribution in [0.4, 0.5) is 0 Å². The Balaban J connectivity index is 2.99. The molecule has 0 heterocycles. The summed E-state index contributed by atoms with van der Waals surface area (Å²) in [4.78, 5) is 0. The van der Waals surface area contributed by atoms with Crippen molar-refractivity contribution in [1.29, 1.82) is 5.41 Å². The van der Waals surface area contributed by atoms with Crippen molar-refractivity contribution in [3.05, 3.63) is 23.8 Å². The zero-order chi connectivity index (χ0) is 9.84. The van der Waals surface area contributed by atoms with E-state index in [1.165, 1.54) is 13.2 Å². The van der Waals surface area contributed by atoms with Gasteiger partial charge in [0.2, 0.25) is 0 Å². The van der Waals surface area contributed by atoms with Crippen molar-refractivity contribution in [3.63, 3.8) is 0 Å². The van der Waals surface area contributed by atoms with Crippen molar-refractivity contribution in [2.45, 2.75) is 6.42 Å². The lowest BCUT2D eigenvalue weighted by Crippen LogP contribution is -2.13. The number of amidine groups is 1. The van der Waals surface area contributed by atoms with Gasteiger partial charge in [-0.3, -0.25) is 5.41 Å². The molecule has 4 nitrogen and oxygen atoms in total. The van der Waals surface area contributed by atoms with Gasteiger partial charge in [-0.05, 0) is 6.07 Å². The highest BCUT2D eigenvalue weighted by Gasteiger charge is 2.04. The normalized spacial score (nSPS) is 9.62. The maximum atomic E-state index is 9.14. The fourth-order valence-corrected chi connectivity index (χ4v) is 1.08. The van der Waals surface area contributed by atoms with Crippen LogP contribution in [-0.4, -0.2) is 18.1 Å². The molecule has 0 aliphatic rings. The first kappa shape index (κ1) is 9.38. The summed E-state index contributed by atoms with van der Waals surface area (Å²) in [6.07, 6.45) is 0.337. The van der Waals surface area contributed by atoms with E-state index in [9.17, 15) is 0 Å². The minimum atomic E-state index is 0.0731. The molecule has 0 unspecified atom stereocenters. The summed E-state index contributed by atoms with van der Waals surface area (Å²) < 4.78 is 5.01. The van der Waals surface area contributed by atoms with Crippen molar-refractivity contribution < 1.29 is 9.84 Å². The molecule has 0 fully saturated rings. The van der Waals surface area contributed by atoms with E-state index in [1.807, 2.05) is 0 Å². The fraction of sp³-hybridized carbons (Fsp3) is 0.222. The highest BCUT2D eigenvalue weighted by molar-refractivity contribution is 5.80. The molecular weight excluding hydrogens is 168 g/mol. The van der Waals surface area contributed by atoms with Gasteiger partial charge in [-0.2, -0.15) is 0 Å². The molecule has 0 atom stereocenters. The van der Waals surface area contributed by atoms with Crippen LogP contribution >= 0.6 is 0 Å². The molecule has 1 aromatic rings. The number of phenols is 1. The first-order valence-corrected chi connectivity index (χ1v) is 3.82. The number of ether oxygens (including phenoxy) is 1. The van der Waals surface area contributed by atoms with Crippen LogP contribution in [0.15, 0.2) is 18.2 Å². The molecule has 4 N–H and O–H groups in total. The van der Waals surface area contributed by atoms with Crippen LogP contribution in [0.5, 0.6) is 11.5 Å². The molecule has 0 bridgehead atoms. The Morgan fingerprint density at radius 3 is 2.85 bits per heavy atom. The number of aromatic hydroxyl groups is 1. The number of phenolic OH excluding ortho intramolecular Hbond substituents is 1. The predicted molar refractivity (Wildman–Crippen MR) is 50.3 cm³/mol. The van der Waals surface area contributed by atoms with Crippen LogP contribution in [0, 0.1) is 5.41 Å². The summed E-state index contributed by atoms with van der Waals surface area (Å²) in [5, 5.41) is 16.3. The smallest absolute Gasteiger partial charge is 0.126 e. The van der Waals surface area contributed by atoms with Crippen LogP contribution in [0.2, 0.25) is 0 Å². The topological polar surface area (TPSA) is 79.3 Å². The third-order valence-corrected chi connectivity index (χ3v) is 1.65. The number of nitrogens with one attached hydrogen (secondary N) is 1. The summed E-state index contributed by atoms with van der Waals surface area (Å²) >= 11 is 0. The van der Waals surface area contributed by atoms with Crippen molar-refractivity contribution in [1.82, 2.24) is 0 Å². The molecule has 0 radical (unpaired) electrons. The van der Waals surface area contributed by atoms with Gasteiger partial charge in [0.25, 0.3) is 0 Å². The van der Waals surface area contributed by atoms with E-state index in [2.05, 4.69) is 0 Å². The second-order valence-electron chi connectivity index (χ2n) is 2.70. The number of benzene rings is 1. The molecule has 4 heteroatoms. The molecule has 0 aliphatic carbocycles. The molecular formula is C9H12N2O2. The molecule has 0 saturated carbocycles.